The van der Waals surface area contributed by atoms with E-state index in [0.29, 0.717) is 11.2 Å². The molecule has 0 amide bonds. The fraction of sp³-hybridized carbons (Fsp3) is 0.750. The summed E-state index contributed by atoms with van der Waals surface area (Å²) in [4.78, 5) is 9.53. The van der Waals surface area contributed by atoms with E-state index < -0.39 is 0 Å². The molecule has 0 aliphatic heterocycles. The Kier molecular flexibility index (Phi) is 5.87. The van der Waals surface area contributed by atoms with E-state index >= 15 is 0 Å². The van der Waals surface area contributed by atoms with E-state index in [4.69, 9.17) is 9.97 Å². The molecule has 0 saturated heterocycles. The van der Waals surface area contributed by atoms with Gasteiger partial charge < -0.3 is 5.32 Å². The molecule has 1 unspecified atom stereocenters. The van der Waals surface area contributed by atoms with Gasteiger partial charge >= 0.3 is 0 Å². The normalized spacial score (nSPS) is 13.7. The lowest BCUT2D eigenvalue weighted by Crippen LogP contribution is -2.19. The predicted octanol–water partition coefficient (Wildman–Crippen LogP) is 4.65. The molecule has 0 spiro atoms. The maximum absolute atomic E-state index is 4.82. The molecule has 0 aromatic carbocycles. The number of aromatic nitrogens is 2. The molecule has 1 N–H and O–H groups in total. The van der Waals surface area contributed by atoms with E-state index in [1.807, 2.05) is 11.8 Å². The van der Waals surface area contributed by atoms with Gasteiger partial charge in [0, 0.05) is 22.8 Å². The van der Waals surface area contributed by atoms with Gasteiger partial charge in [-0.15, -0.1) is 11.8 Å². The van der Waals surface area contributed by atoms with Gasteiger partial charge in [0.1, 0.15) is 16.7 Å². The molecule has 0 aliphatic carbocycles. The van der Waals surface area contributed by atoms with E-state index in [2.05, 4.69) is 60.7 Å². The zero-order chi connectivity index (χ0) is 15.5. The lowest BCUT2D eigenvalue weighted by Gasteiger charge is -2.22. The molecule has 0 aliphatic rings. The topological polar surface area (TPSA) is 37.8 Å². The van der Waals surface area contributed by atoms with Crippen LogP contribution in [0.4, 0.5) is 5.82 Å². The predicted molar refractivity (Wildman–Crippen MR) is 89.8 cm³/mol. The fourth-order valence-electron chi connectivity index (χ4n) is 1.60. The largest absolute Gasteiger partial charge is 0.370 e. The summed E-state index contributed by atoms with van der Waals surface area (Å²) in [5.74, 6) is 2.53. The quantitative estimate of drug-likeness (QED) is 0.634. The van der Waals surface area contributed by atoms with Crippen LogP contribution < -0.4 is 5.32 Å². The summed E-state index contributed by atoms with van der Waals surface area (Å²) < 4.78 is 0. The number of hydrogen-bond acceptors (Lipinski definition) is 4. The average Bonchev–Trinajstić information content (AvgIpc) is 2.32. The molecule has 114 valence electrons. The molecule has 3 nitrogen and oxygen atoms in total. The SMILES string of the molecule is CCNc1nc(C(C)(C)C)nc(SC(C)C(C)C)c1C. The zero-order valence-corrected chi connectivity index (χ0v) is 15.0. The number of rotatable bonds is 5. The highest BCUT2D eigenvalue weighted by atomic mass is 32.2. The Bertz CT molecular complexity index is 450. The number of nitrogens with one attached hydrogen (secondary N) is 1. The van der Waals surface area contributed by atoms with Gasteiger partial charge in [-0.3, -0.25) is 0 Å². The van der Waals surface area contributed by atoms with Crippen LogP contribution in [0.5, 0.6) is 0 Å². The summed E-state index contributed by atoms with van der Waals surface area (Å²) in [6, 6.07) is 0. The zero-order valence-electron chi connectivity index (χ0n) is 14.2. The van der Waals surface area contributed by atoms with Crippen molar-refractivity contribution in [2.75, 3.05) is 11.9 Å². The van der Waals surface area contributed by atoms with Gasteiger partial charge in [-0.2, -0.15) is 0 Å². The molecule has 1 heterocycles. The molecule has 0 bridgehead atoms. The minimum atomic E-state index is -0.0335. The van der Waals surface area contributed by atoms with Crippen molar-refractivity contribution in [3.8, 4) is 0 Å². The van der Waals surface area contributed by atoms with Crippen LogP contribution in [0.1, 0.15) is 59.9 Å². The second-order valence-electron chi connectivity index (χ2n) is 6.67. The average molecular weight is 295 g/mol. The van der Waals surface area contributed by atoms with E-state index in [1.54, 1.807) is 0 Å². The molecule has 1 rings (SSSR count). The molecule has 1 aromatic rings. The third kappa shape index (κ3) is 4.37. The minimum Gasteiger partial charge on any atom is -0.370 e. The lowest BCUT2D eigenvalue weighted by atomic mass is 9.95. The summed E-state index contributed by atoms with van der Waals surface area (Å²) in [7, 11) is 0. The van der Waals surface area contributed by atoms with Crippen molar-refractivity contribution in [2.24, 2.45) is 5.92 Å². The van der Waals surface area contributed by atoms with Crippen molar-refractivity contribution in [2.45, 2.75) is 71.1 Å². The first-order valence-corrected chi connectivity index (χ1v) is 8.34. The maximum atomic E-state index is 4.82. The fourth-order valence-corrected chi connectivity index (χ4v) is 2.63. The van der Waals surface area contributed by atoms with Crippen molar-refractivity contribution in [3.05, 3.63) is 11.4 Å². The van der Waals surface area contributed by atoms with Gasteiger partial charge in [-0.25, -0.2) is 9.97 Å². The van der Waals surface area contributed by atoms with Crippen LogP contribution in [-0.4, -0.2) is 21.8 Å². The van der Waals surface area contributed by atoms with Gasteiger partial charge in [-0.05, 0) is 19.8 Å². The Morgan fingerprint density at radius 2 is 1.75 bits per heavy atom. The molecule has 0 saturated carbocycles. The van der Waals surface area contributed by atoms with Crippen LogP contribution in [0.15, 0.2) is 5.03 Å². The van der Waals surface area contributed by atoms with Crippen LogP contribution in [0, 0.1) is 12.8 Å². The van der Waals surface area contributed by atoms with Crippen molar-refractivity contribution in [1.82, 2.24) is 9.97 Å². The van der Waals surface area contributed by atoms with Gasteiger partial charge in [0.2, 0.25) is 0 Å². The number of nitrogens with zero attached hydrogens (tertiary/aromatic N) is 2. The first kappa shape index (κ1) is 17.3. The Labute approximate surface area is 128 Å². The molecule has 1 aromatic heterocycles. The molecule has 0 fully saturated rings. The van der Waals surface area contributed by atoms with Crippen LogP contribution in [0.25, 0.3) is 0 Å². The third-order valence-corrected chi connectivity index (χ3v) is 4.89. The van der Waals surface area contributed by atoms with E-state index in [0.717, 1.165) is 28.8 Å². The number of hydrogen-bond donors (Lipinski definition) is 1. The third-order valence-electron chi connectivity index (χ3n) is 3.35. The van der Waals surface area contributed by atoms with E-state index in [-0.39, 0.29) is 5.41 Å². The highest BCUT2D eigenvalue weighted by Gasteiger charge is 2.22. The van der Waals surface area contributed by atoms with Crippen LogP contribution >= 0.6 is 11.8 Å². The van der Waals surface area contributed by atoms with E-state index in [1.165, 1.54) is 0 Å². The van der Waals surface area contributed by atoms with Gasteiger partial charge in [0.05, 0.1) is 0 Å². The van der Waals surface area contributed by atoms with Crippen LogP contribution in [0.2, 0.25) is 0 Å². The summed E-state index contributed by atoms with van der Waals surface area (Å²) in [6.45, 7) is 18.3. The molecule has 4 heteroatoms. The molecular formula is C16H29N3S. The molecule has 20 heavy (non-hydrogen) atoms. The Morgan fingerprint density at radius 1 is 1.15 bits per heavy atom. The second-order valence-corrected chi connectivity index (χ2v) is 8.04. The number of thioether (sulfide) groups is 1. The monoisotopic (exact) mass is 295 g/mol. The summed E-state index contributed by atoms with van der Waals surface area (Å²) in [6.07, 6.45) is 0. The summed E-state index contributed by atoms with van der Waals surface area (Å²) in [5, 5.41) is 5.03. The van der Waals surface area contributed by atoms with Crippen molar-refractivity contribution >= 4 is 17.6 Å². The highest BCUT2D eigenvalue weighted by molar-refractivity contribution is 7.99. The minimum absolute atomic E-state index is 0.0335. The van der Waals surface area contributed by atoms with Crippen molar-refractivity contribution < 1.29 is 0 Å². The Morgan fingerprint density at radius 3 is 2.20 bits per heavy atom. The summed E-state index contributed by atoms with van der Waals surface area (Å²) >= 11 is 1.86. The smallest absolute Gasteiger partial charge is 0.137 e. The highest BCUT2D eigenvalue weighted by Crippen LogP contribution is 2.33. The molecule has 0 radical (unpaired) electrons. The maximum Gasteiger partial charge on any atom is 0.137 e. The second kappa shape index (κ2) is 6.79. The number of anilines is 1. The van der Waals surface area contributed by atoms with Crippen LogP contribution in [0.3, 0.4) is 0 Å². The summed E-state index contributed by atoms with van der Waals surface area (Å²) in [5.41, 5.74) is 1.13. The lowest BCUT2D eigenvalue weighted by molar-refractivity contribution is 0.537. The van der Waals surface area contributed by atoms with Gasteiger partial charge in [0.15, 0.2) is 0 Å². The molecule has 1 atom stereocenters. The van der Waals surface area contributed by atoms with Gasteiger partial charge in [-0.1, -0.05) is 41.5 Å². The van der Waals surface area contributed by atoms with Crippen molar-refractivity contribution in [3.63, 3.8) is 0 Å². The Hall–Kier alpha value is -0.770. The Balaban J connectivity index is 3.23. The standard InChI is InChI=1S/C16H29N3S/c1-9-17-13-11(4)14(20-12(5)10(2)3)19-15(18-13)16(6,7)8/h10,12H,9H2,1-8H3,(H,17,18,19). The van der Waals surface area contributed by atoms with E-state index in [9.17, 15) is 0 Å². The van der Waals surface area contributed by atoms with Crippen LogP contribution in [-0.2, 0) is 5.41 Å². The van der Waals surface area contributed by atoms with Crippen molar-refractivity contribution in [1.29, 1.82) is 0 Å². The van der Waals surface area contributed by atoms with Gasteiger partial charge in [0.25, 0.3) is 0 Å². The first-order chi connectivity index (χ1) is 9.16. The molecular weight excluding hydrogens is 266 g/mol. The first-order valence-electron chi connectivity index (χ1n) is 7.46.